The van der Waals surface area contributed by atoms with Crippen LogP contribution in [0.2, 0.25) is 0 Å². The zero-order valence-electron chi connectivity index (χ0n) is 9.58. The summed E-state index contributed by atoms with van der Waals surface area (Å²) in [7, 11) is 3.28. The van der Waals surface area contributed by atoms with E-state index in [1.807, 2.05) is 0 Å². The van der Waals surface area contributed by atoms with E-state index in [-0.39, 0.29) is 17.7 Å². The molecule has 0 bridgehead atoms. The smallest absolute Gasteiger partial charge is 0.420 e. The summed E-state index contributed by atoms with van der Waals surface area (Å²) in [5.74, 6) is 0.0548. The fourth-order valence-electron chi connectivity index (χ4n) is 1.45. The summed E-state index contributed by atoms with van der Waals surface area (Å²) in [5, 5.41) is 0. The van der Waals surface area contributed by atoms with E-state index >= 15 is 0 Å². The number of anilines is 1. The Kier molecular flexibility index (Phi) is 2.89. The zero-order chi connectivity index (χ0) is 12.6. The first-order valence-electron chi connectivity index (χ1n) is 5.30. The molecule has 1 aromatic rings. The molecule has 3 nitrogen and oxygen atoms in total. The molecule has 0 saturated heterocycles. The van der Waals surface area contributed by atoms with Gasteiger partial charge in [0.1, 0.15) is 5.56 Å². The number of aromatic nitrogens is 1. The Labute approximate surface area is 97.2 Å². The van der Waals surface area contributed by atoms with Crippen molar-refractivity contribution in [2.75, 3.05) is 19.0 Å². The maximum atomic E-state index is 12.8. The van der Waals surface area contributed by atoms with Gasteiger partial charge in [0.05, 0.1) is 6.10 Å². The molecule has 1 aliphatic rings. The molecule has 1 saturated carbocycles. The Hall–Kier alpha value is -1.46. The number of hydrogen-bond donors (Lipinski definition) is 0. The fourth-order valence-corrected chi connectivity index (χ4v) is 1.45. The van der Waals surface area contributed by atoms with Crippen LogP contribution in [0.25, 0.3) is 0 Å². The van der Waals surface area contributed by atoms with Gasteiger partial charge in [-0.15, -0.1) is 0 Å². The molecule has 1 heterocycles. The van der Waals surface area contributed by atoms with E-state index in [2.05, 4.69) is 4.98 Å². The molecule has 94 valence electrons. The van der Waals surface area contributed by atoms with Gasteiger partial charge in [-0.25, -0.2) is 4.98 Å². The number of rotatable bonds is 3. The van der Waals surface area contributed by atoms with Gasteiger partial charge in [0.25, 0.3) is 0 Å². The van der Waals surface area contributed by atoms with Gasteiger partial charge >= 0.3 is 6.18 Å². The molecule has 2 rings (SSSR count). The van der Waals surface area contributed by atoms with Crippen LogP contribution >= 0.6 is 0 Å². The van der Waals surface area contributed by atoms with E-state index in [0.29, 0.717) is 0 Å². The summed E-state index contributed by atoms with van der Waals surface area (Å²) in [6.45, 7) is 0. The number of nitrogens with zero attached hydrogens (tertiary/aromatic N) is 2. The molecular weight excluding hydrogens is 233 g/mol. The molecule has 1 fully saturated rings. The van der Waals surface area contributed by atoms with Crippen molar-refractivity contribution in [2.24, 2.45) is 0 Å². The van der Waals surface area contributed by atoms with E-state index in [4.69, 9.17) is 4.74 Å². The number of halogens is 3. The molecule has 0 aromatic carbocycles. The minimum atomic E-state index is -4.42. The van der Waals surface area contributed by atoms with Crippen LogP contribution in [0.3, 0.4) is 0 Å². The molecular formula is C11H13F3N2O. The van der Waals surface area contributed by atoms with Crippen molar-refractivity contribution in [1.82, 2.24) is 4.98 Å². The Morgan fingerprint density at radius 1 is 1.35 bits per heavy atom. The molecule has 17 heavy (non-hydrogen) atoms. The van der Waals surface area contributed by atoms with Crippen LogP contribution in [0, 0.1) is 0 Å². The lowest BCUT2D eigenvalue weighted by atomic mass is 10.2. The normalized spacial score (nSPS) is 15.8. The van der Waals surface area contributed by atoms with Crippen molar-refractivity contribution < 1.29 is 17.9 Å². The minimum Gasteiger partial charge on any atom is -0.486 e. The molecule has 0 unspecified atom stereocenters. The van der Waals surface area contributed by atoms with Gasteiger partial charge in [-0.3, -0.25) is 0 Å². The lowest BCUT2D eigenvalue weighted by molar-refractivity contribution is -0.139. The second-order valence-electron chi connectivity index (χ2n) is 4.22. The van der Waals surface area contributed by atoms with Gasteiger partial charge in [0.2, 0.25) is 0 Å². The van der Waals surface area contributed by atoms with Crippen molar-refractivity contribution in [3.63, 3.8) is 0 Å². The summed E-state index contributed by atoms with van der Waals surface area (Å²) >= 11 is 0. The molecule has 1 aromatic heterocycles. The predicted molar refractivity (Wildman–Crippen MR) is 57.2 cm³/mol. The van der Waals surface area contributed by atoms with Gasteiger partial charge in [0.15, 0.2) is 11.6 Å². The number of alkyl halides is 3. The number of ether oxygens (including phenoxy) is 1. The Balaban J connectivity index is 2.45. The maximum absolute atomic E-state index is 12.8. The van der Waals surface area contributed by atoms with Crippen LogP contribution in [-0.4, -0.2) is 25.2 Å². The summed E-state index contributed by atoms with van der Waals surface area (Å²) < 4.78 is 43.9. The highest BCUT2D eigenvalue weighted by Crippen LogP contribution is 2.42. The topological polar surface area (TPSA) is 25.4 Å². The third kappa shape index (κ3) is 2.62. The summed E-state index contributed by atoms with van der Waals surface area (Å²) in [6, 6.07) is 0.949. The highest BCUT2D eigenvalue weighted by atomic mass is 19.4. The van der Waals surface area contributed by atoms with Crippen LogP contribution in [0.1, 0.15) is 18.4 Å². The van der Waals surface area contributed by atoms with E-state index in [0.717, 1.165) is 25.1 Å². The van der Waals surface area contributed by atoms with Crippen LogP contribution < -0.4 is 9.64 Å². The third-order valence-corrected chi connectivity index (χ3v) is 2.42. The van der Waals surface area contributed by atoms with E-state index < -0.39 is 11.7 Å². The monoisotopic (exact) mass is 246 g/mol. The molecule has 0 amide bonds. The molecule has 0 N–H and O–H groups in total. The highest BCUT2D eigenvalue weighted by molar-refractivity contribution is 5.56. The van der Waals surface area contributed by atoms with Gasteiger partial charge < -0.3 is 9.64 Å². The third-order valence-electron chi connectivity index (χ3n) is 2.42. The van der Waals surface area contributed by atoms with Gasteiger partial charge in [-0.2, -0.15) is 13.2 Å². The van der Waals surface area contributed by atoms with Gasteiger partial charge in [-0.05, 0) is 18.9 Å². The fraction of sp³-hybridized carbons (Fsp3) is 0.545. The van der Waals surface area contributed by atoms with Crippen LogP contribution in [-0.2, 0) is 6.18 Å². The SMILES string of the molecule is CN(C)c1nccc(C(F)(F)F)c1OC1CC1. The molecule has 6 heteroatoms. The Bertz CT molecular complexity index is 414. The second-order valence-corrected chi connectivity index (χ2v) is 4.22. The summed E-state index contributed by atoms with van der Waals surface area (Å²) in [4.78, 5) is 5.45. The van der Waals surface area contributed by atoms with Crippen LogP contribution in [0.5, 0.6) is 5.75 Å². The molecule has 0 spiro atoms. The first-order valence-corrected chi connectivity index (χ1v) is 5.30. The average molecular weight is 246 g/mol. The number of hydrogen-bond acceptors (Lipinski definition) is 3. The van der Waals surface area contributed by atoms with Crippen LogP contribution in [0.4, 0.5) is 19.0 Å². The zero-order valence-corrected chi connectivity index (χ0v) is 9.58. The highest BCUT2D eigenvalue weighted by Gasteiger charge is 2.38. The quantitative estimate of drug-likeness (QED) is 0.820. The minimum absolute atomic E-state index is 0.0981. The average Bonchev–Trinajstić information content (AvgIpc) is 3.00. The Morgan fingerprint density at radius 2 is 2.00 bits per heavy atom. The van der Waals surface area contributed by atoms with E-state index in [9.17, 15) is 13.2 Å². The van der Waals surface area contributed by atoms with E-state index in [1.165, 1.54) is 4.90 Å². The first-order chi connectivity index (χ1) is 7.89. The molecule has 0 radical (unpaired) electrons. The van der Waals surface area contributed by atoms with Gasteiger partial charge in [-0.1, -0.05) is 0 Å². The first kappa shape index (κ1) is 12.0. The summed E-state index contributed by atoms with van der Waals surface area (Å²) in [5.41, 5.74) is -0.761. The summed E-state index contributed by atoms with van der Waals surface area (Å²) in [6.07, 6.45) is -1.76. The van der Waals surface area contributed by atoms with Crippen molar-refractivity contribution in [2.45, 2.75) is 25.1 Å². The number of pyridine rings is 1. The lowest BCUT2D eigenvalue weighted by Gasteiger charge is -2.20. The van der Waals surface area contributed by atoms with Crippen molar-refractivity contribution >= 4 is 5.82 Å². The van der Waals surface area contributed by atoms with E-state index in [1.54, 1.807) is 14.1 Å². The molecule has 0 atom stereocenters. The van der Waals surface area contributed by atoms with Crippen LogP contribution in [0.15, 0.2) is 12.3 Å². The van der Waals surface area contributed by atoms with Crippen molar-refractivity contribution in [1.29, 1.82) is 0 Å². The largest absolute Gasteiger partial charge is 0.486 e. The standard InChI is InChI=1S/C11H13F3N2O/c1-16(2)10-9(17-7-3-4-7)8(5-6-15-10)11(12,13)14/h5-7H,3-4H2,1-2H3. The maximum Gasteiger partial charge on any atom is 0.420 e. The second kappa shape index (κ2) is 4.09. The lowest BCUT2D eigenvalue weighted by Crippen LogP contribution is -2.17. The molecule has 1 aliphatic carbocycles. The van der Waals surface area contributed by atoms with Crippen molar-refractivity contribution in [3.8, 4) is 5.75 Å². The molecule has 0 aliphatic heterocycles. The predicted octanol–water partition coefficient (Wildman–Crippen LogP) is 2.71. The Morgan fingerprint density at radius 3 is 2.47 bits per heavy atom. The van der Waals surface area contributed by atoms with Crippen molar-refractivity contribution in [3.05, 3.63) is 17.8 Å². The van der Waals surface area contributed by atoms with Gasteiger partial charge in [0, 0.05) is 20.3 Å².